The summed E-state index contributed by atoms with van der Waals surface area (Å²) in [6, 6.07) is 45.9. The van der Waals surface area contributed by atoms with E-state index in [1.807, 2.05) is 0 Å². The molecule has 0 spiro atoms. The predicted molar refractivity (Wildman–Crippen MR) is 188 cm³/mol. The van der Waals surface area contributed by atoms with Gasteiger partial charge >= 0.3 is 0 Å². The van der Waals surface area contributed by atoms with Crippen LogP contribution < -0.4 is 0 Å². The molecule has 0 fully saturated rings. The molecule has 0 nitrogen and oxygen atoms in total. The Morgan fingerprint density at radius 3 is 0.905 bits per heavy atom. The minimum absolute atomic E-state index is 0.557. The molecule has 0 saturated carbocycles. The van der Waals surface area contributed by atoms with Crippen molar-refractivity contribution in [2.75, 3.05) is 0 Å². The summed E-state index contributed by atoms with van der Waals surface area (Å²) < 4.78 is 4.30. The van der Waals surface area contributed by atoms with Crippen molar-refractivity contribution >= 4 is 74.5 Å². The SMILES string of the molecule is Brc1ccc(C2(c3ccc(Br)cc3)c3ccc4c5c(ccc(c35)C2(c2ccc(Br)cc2)c2ccc(Br)cc2)CC4)cc1. The predicted octanol–water partition coefficient (Wildman–Crippen LogP) is 11.7. The molecule has 2 aliphatic rings. The zero-order chi connectivity index (χ0) is 28.6. The van der Waals surface area contributed by atoms with Gasteiger partial charge in [0.2, 0.25) is 0 Å². The van der Waals surface area contributed by atoms with Gasteiger partial charge in [-0.15, -0.1) is 0 Å². The first-order valence-electron chi connectivity index (χ1n) is 14.1. The zero-order valence-corrected chi connectivity index (χ0v) is 28.8. The van der Waals surface area contributed by atoms with E-state index >= 15 is 0 Å². The summed E-state index contributed by atoms with van der Waals surface area (Å²) >= 11 is 15.0. The van der Waals surface area contributed by atoms with Crippen molar-refractivity contribution < 1.29 is 0 Å². The molecule has 0 saturated heterocycles. The Labute approximate surface area is 279 Å². The molecule has 204 valence electrons. The summed E-state index contributed by atoms with van der Waals surface area (Å²) in [5.74, 6) is 0. The van der Waals surface area contributed by atoms with E-state index in [0.29, 0.717) is 0 Å². The Morgan fingerprint density at radius 1 is 0.333 bits per heavy atom. The molecule has 2 aliphatic carbocycles. The first-order valence-corrected chi connectivity index (χ1v) is 17.2. The van der Waals surface area contributed by atoms with Gasteiger partial charge in [0.15, 0.2) is 0 Å². The van der Waals surface area contributed by atoms with Crippen LogP contribution >= 0.6 is 63.7 Å². The Hall–Kier alpha value is -2.50. The van der Waals surface area contributed by atoms with Gasteiger partial charge in [0, 0.05) is 17.9 Å². The van der Waals surface area contributed by atoms with Crippen LogP contribution in [0.3, 0.4) is 0 Å². The molecule has 0 atom stereocenters. The third-order valence-corrected chi connectivity index (χ3v) is 11.6. The maximum absolute atomic E-state index is 3.74. The lowest BCUT2D eigenvalue weighted by molar-refractivity contribution is 0.442. The van der Waals surface area contributed by atoms with Crippen LogP contribution in [0.15, 0.2) is 139 Å². The summed E-state index contributed by atoms with van der Waals surface area (Å²) in [5.41, 5.74) is 9.63. The standard InChI is InChI=1S/C38H24Br4/c39-29-13-5-25(6-14-29)37(26-7-15-30(40)16-8-26)33-21-3-23-1-2-24-4-22-34(36(33)35(23)24)38(37,27-9-17-31(41)18-10-27)28-11-19-32(42)20-12-28/h3-22H,1-2H2. The van der Waals surface area contributed by atoms with Gasteiger partial charge in [0.05, 0.1) is 10.8 Å². The largest absolute Gasteiger partial charge is 0.0635 e. The summed E-state index contributed by atoms with van der Waals surface area (Å²) in [4.78, 5) is 0. The van der Waals surface area contributed by atoms with Crippen LogP contribution in [0.4, 0.5) is 0 Å². The molecular weight excluding hydrogens is 776 g/mol. The third kappa shape index (κ3) is 3.62. The average molecular weight is 800 g/mol. The van der Waals surface area contributed by atoms with Crippen LogP contribution in [-0.2, 0) is 23.7 Å². The Bertz CT molecular complexity index is 1750. The van der Waals surface area contributed by atoms with E-state index in [9.17, 15) is 0 Å². The molecule has 0 heterocycles. The fourth-order valence-corrected chi connectivity index (χ4v) is 9.04. The highest BCUT2D eigenvalue weighted by atomic mass is 79.9. The molecule has 42 heavy (non-hydrogen) atoms. The topological polar surface area (TPSA) is 0 Å². The second kappa shape index (κ2) is 10.0. The van der Waals surface area contributed by atoms with Gasteiger partial charge in [-0.1, -0.05) is 137 Å². The van der Waals surface area contributed by atoms with Gasteiger partial charge in [-0.05, 0) is 117 Å². The summed E-state index contributed by atoms with van der Waals surface area (Å²) in [5, 5.41) is 2.87. The summed E-state index contributed by atoms with van der Waals surface area (Å²) in [7, 11) is 0. The van der Waals surface area contributed by atoms with E-state index in [0.717, 1.165) is 30.7 Å². The normalized spacial score (nSPS) is 15.8. The zero-order valence-electron chi connectivity index (χ0n) is 22.5. The van der Waals surface area contributed by atoms with Crippen molar-refractivity contribution in [2.45, 2.75) is 23.7 Å². The highest BCUT2D eigenvalue weighted by molar-refractivity contribution is 9.11. The molecule has 0 aromatic heterocycles. The van der Waals surface area contributed by atoms with Gasteiger partial charge in [-0.25, -0.2) is 0 Å². The van der Waals surface area contributed by atoms with Crippen molar-refractivity contribution in [3.8, 4) is 0 Å². The molecule has 0 N–H and O–H groups in total. The number of rotatable bonds is 4. The van der Waals surface area contributed by atoms with Crippen LogP contribution in [0.25, 0.3) is 10.8 Å². The first kappa shape index (κ1) is 27.1. The van der Waals surface area contributed by atoms with E-state index in [4.69, 9.17) is 0 Å². The monoisotopic (exact) mass is 796 g/mol. The van der Waals surface area contributed by atoms with Crippen LogP contribution in [-0.4, -0.2) is 0 Å². The number of aryl methyl sites for hydroxylation is 2. The summed E-state index contributed by atoms with van der Waals surface area (Å²) in [6.45, 7) is 0. The number of halogens is 4. The fourth-order valence-electron chi connectivity index (χ4n) is 7.98. The highest BCUT2D eigenvalue weighted by Crippen LogP contribution is 2.67. The molecule has 0 unspecified atom stereocenters. The molecule has 0 amide bonds. The highest BCUT2D eigenvalue weighted by Gasteiger charge is 2.62. The maximum atomic E-state index is 3.74. The molecule has 0 radical (unpaired) electrons. The fraction of sp³-hybridized carbons (Fsp3) is 0.105. The van der Waals surface area contributed by atoms with Crippen molar-refractivity contribution in [1.29, 1.82) is 0 Å². The van der Waals surface area contributed by atoms with Gasteiger partial charge in [-0.2, -0.15) is 0 Å². The van der Waals surface area contributed by atoms with Crippen LogP contribution in [0, 0.1) is 0 Å². The van der Waals surface area contributed by atoms with Crippen LogP contribution in [0.5, 0.6) is 0 Å². The Morgan fingerprint density at radius 2 is 0.619 bits per heavy atom. The Kier molecular flexibility index (Phi) is 6.46. The van der Waals surface area contributed by atoms with Gasteiger partial charge in [0.25, 0.3) is 0 Å². The average Bonchev–Trinajstić information content (AvgIpc) is 3.54. The van der Waals surface area contributed by atoms with E-state index in [2.05, 4.69) is 185 Å². The lowest BCUT2D eigenvalue weighted by atomic mass is 9.50. The van der Waals surface area contributed by atoms with Crippen LogP contribution in [0.2, 0.25) is 0 Å². The summed E-state index contributed by atoms with van der Waals surface area (Å²) in [6.07, 6.45) is 2.20. The van der Waals surface area contributed by atoms with Crippen molar-refractivity contribution in [2.24, 2.45) is 0 Å². The molecule has 0 aliphatic heterocycles. The molecule has 8 rings (SSSR count). The lowest BCUT2D eigenvalue weighted by Crippen LogP contribution is -2.49. The van der Waals surface area contributed by atoms with E-state index < -0.39 is 10.8 Å². The molecule has 6 aromatic rings. The number of benzene rings is 6. The molecular formula is C38H24Br4. The first-order chi connectivity index (χ1) is 20.4. The van der Waals surface area contributed by atoms with E-state index in [-0.39, 0.29) is 0 Å². The Balaban J connectivity index is 1.67. The van der Waals surface area contributed by atoms with Crippen molar-refractivity contribution in [3.05, 3.63) is 184 Å². The minimum atomic E-state index is -0.557. The van der Waals surface area contributed by atoms with Gasteiger partial charge in [0.1, 0.15) is 0 Å². The molecule has 6 aromatic carbocycles. The van der Waals surface area contributed by atoms with Crippen molar-refractivity contribution in [3.63, 3.8) is 0 Å². The number of hydrogen-bond donors (Lipinski definition) is 0. The third-order valence-electron chi connectivity index (χ3n) is 9.48. The molecule has 0 bridgehead atoms. The quantitative estimate of drug-likeness (QED) is 0.167. The second-order valence-corrected chi connectivity index (χ2v) is 15.0. The lowest BCUT2D eigenvalue weighted by Gasteiger charge is -2.50. The van der Waals surface area contributed by atoms with Gasteiger partial charge in [-0.3, -0.25) is 0 Å². The maximum Gasteiger partial charge on any atom is 0.0635 e. The molecule has 4 heteroatoms. The number of hydrogen-bond acceptors (Lipinski definition) is 0. The van der Waals surface area contributed by atoms with Crippen molar-refractivity contribution in [1.82, 2.24) is 0 Å². The second-order valence-electron chi connectivity index (χ2n) is 11.3. The minimum Gasteiger partial charge on any atom is -0.0581 e. The van der Waals surface area contributed by atoms with Gasteiger partial charge < -0.3 is 0 Å². The van der Waals surface area contributed by atoms with Crippen LogP contribution in [0.1, 0.15) is 44.5 Å². The smallest absolute Gasteiger partial charge is 0.0581 e. The van der Waals surface area contributed by atoms with E-state index in [1.54, 1.807) is 0 Å². The van der Waals surface area contributed by atoms with E-state index in [1.165, 1.54) is 55.3 Å².